The molecule has 0 saturated carbocycles. The van der Waals surface area contributed by atoms with Crippen LogP contribution in [0.2, 0.25) is 5.02 Å². The van der Waals surface area contributed by atoms with Gasteiger partial charge >= 0.3 is 12.1 Å². The Bertz CT molecular complexity index is 1590. The van der Waals surface area contributed by atoms with Crippen molar-refractivity contribution in [3.63, 3.8) is 0 Å². The van der Waals surface area contributed by atoms with E-state index in [0.717, 1.165) is 11.1 Å². The van der Waals surface area contributed by atoms with Crippen LogP contribution in [0.4, 0.5) is 10.5 Å². The highest BCUT2D eigenvalue weighted by Crippen LogP contribution is 2.49. The monoisotopic (exact) mass is 765 g/mol. The number of amides is 3. The van der Waals surface area contributed by atoms with E-state index in [1.165, 1.54) is 31.1 Å². The van der Waals surface area contributed by atoms with Crippen LogP contribution in [0, 0.1) is 11.8 Å². The van der Waals surface area contributed by atoms with Crippen molar-refractivity contribution in [2.75, 3.05) is 39.0 Å². The Balaban J connectivity index is 1.76. The summed E-state index contributed by atoms with van der Waals surface area (Å²) in [6, 6.07) is 2.61. The molecule has 0 aromatic heterocycles. The van der Waals surface area contributed by atoms with E-state index in [0.29, 0.717) is 23.6 Å². The van der Waals surface area contributed by atoms with E-state index in [1.807, 2.05) is 19.9 Å². The molecule has 0 radical (unpaired) electrons. The summed E-state index contributed by atoms with van der Waals surface area (Å²) in [6.07, 6.45) is 1.15. The topological polar surface area (TPSA) is 156 Å². The molecule has 0 spiro atoms. The van der Waals surface area contributed by atoms with Crippen molar-refractivity contribution >= 4 is 53.8 Å². The second-order valence-electron chi connectivity index (χ2n) is 14.4. The smallest absolute Gasteiger partial charge is 0.409 e. The van der Waals surface area contributed by atoms with Gasteiger partial charge in [0.15, 0.2) is 5.72 Å². The highest BCUT2D eigenvalue weighted by Gasteiger charge is 2.64. The molecule has 3 amide bonds. The van der Waals surface area contributed by atoms with Crippen LogP contribution in [-0.2, 0) is 39.8 Å². The van der Waals surface area contributed by atoms with E-state index in [2.05, 4.69) is 17.9 Å². The number of hydrogen-bond donors (Lipinski definition) is 3. The number of epoxide rings is 1. The Morgan fingerprint density at radius 3 is 2.58 bits per heavy atom. The number of ether oxygens (including phenoxy) is 5. The van der Waals surface area contributed by atoms with Crippen molar-refractivity contribution in [1.29, 1.82) is 0 Å². The van der Waals surface area contributed by atoms with Crippen molar-refractivity contribution in [1.82, 2.24) is 10.2 Å². The minimum absolute atomic E-state index is 0.00245. The van der Waals surface area contributed by atoms with Gasteiger partial charge in [-0.15, -0.1) is 0 Å². The summed E-state index contributed by atoms with van der Waals surface area (Å²) in [5, 5.41) is 14.5. The van der Waals surface area contributed by atoms with Gasteiger partial charge in [-0.3, -0.25) is 14.9 Å². The number of fused-ring (bicyclic) bond motifs is 5. The maximum atomic E-state index is 14.1. The number of hydrogen-bond acceptors (Lipinski definition) is 11. The molecule has 8 unspecified atom stereocenters. The van der Waals surface area contributed by atoms with Gasteiger partial charge in [0.25, 0.3) is 0 Å². The first-order valence-corrected chi connectivity index (χ1v) is 18.4. The van der Waals surface area contributed by atoms with Gasteiger partial charge in [-0.05, 0) is 56.6 Å². The van der Waals surface area contributed by atoms with Crippen molar-refractivity contribution in [2.45, 2.75) is 102 Å². The number of esters is 1. The fourth-order valence-corrected chi connectivity index (χ4v) is 7.17. The number of carbonyl (C=O) groups is 4. The zero-order valence-electron chi connectivity index (χ0n) is 31.3. The maximum Gasteiger partial charge on any atom is 0.409 e. The first kappa shape index (κ1) is 41.5. The third kappa shape index (κ3) is 9.07. The predicted octanol–water partition coefficient (Wildman–Crippen LogP) is 4.47. The molecule has 2 N–H and O–H groups in total. The molecule has 1 aromatic rings. The Hall–Kier alpha value is -3.30. The molecule has 52 heavy (non-hydrogen) atoms. The lowest BCUT2D eigenvalue weighted by molar-refractivity contribution is -0.162. The number of likely N-dealkylation sites (N-methyl/N-ethyl adjacent to an activating group) is 1. The summed E-state index contributed by atoms with van der Waals surface area (Å²) in [6.45, 7) is 8.89. The van der Waals surface area contributed by atoms with E-state index >= 15 is 0 Å². The molecule has 1 aromatic carbocycles. The number of methoxy groups -OCH3 is 2. The number of carbonyl (C=O) groups excluding carboxylic acids is 4. The van der Waals surface area contributed by atoms with Crippen LogP contribution in [0.5, 0.6) is 5.75 Å². The standard InChI is InChI=1S/C37H52ClN3O10S/c1-20-11-10-12-28(48-9)37(46)18-27(49-35(45)39-37)22(3)33-36(5,51-33)29(50-34(44)23(4)40(6)30(42)14-21(2)19-52)17-31(43)41(7)25-15-24(13-20)16-26(47-8)32(25)38/h10-12,15-16,21-23,27-29,33,46,52H,13-14,17-19H2,1-9H3,(H,39,45)/b12-10+,20-11+/t21?,22?,23-,27?,28?,29?,33?,36?,37?/m0/s1. The van der Waals surface area contributed by atoms with Crippen LogP contribution in [0.3, 0.4) is 0 Å². The molecule has 3 aliphatic heterocycles. The zero-order chi connectivity index (χ0) is 38.7. The van der Waals surface area contributed by atoms with Gasteiger partial charge in [0.05, 0.1) is 25.3 Å². The Kier molecular flexibility index (Phi) is 13.4. The lowest BCUT2D eigenvalue weighted by atomic mass is 9.83. The summed E-state index contributed by atoms with van der Waals surface area (Å²) >= 11 is 11.0. The van der Waals surface area contributed by atoms with Crippen LogP contribution in [0.1, 0.15) is 59.4 Å². The molecule has 13 nitrogen and oxygen atoms in total. The van der Waals surface area contributed by atoms with Crippen molar-refractivity contribution in [3.8, 4) is 5.75 Å². The number of anilines is 1. The van der Waals surface area contributed by atoms with E-state index in [-0.39, 0.29) is 36.1 Å². The second-order valence-corrected chi connectivity index (χ2v) is 15.1. The molecule has 15 heteroatoms. The van der Waals surface area contributed by atoms with Gasteiger partial charge in [-0.1, -0.05) is 49.2 Å². The van der Waals surface area contributed by atoms with Gasteiger partial charge in [0.1, 0.15) is 40.7 Å². The Morgan fingerprint density at radius 2 is 1.94 bits per heavy atom. The zero-order valence-corrected chi connectivity index (χ0v) is 33.0. The molecule has 288 valence electrons. The molecular weight excluding hydrogens is 714 g/mol. The third-order valence-corrected chi connectivity index (χ3v) is 11.4. The number of halogens is 1. The van der Waals surface area contributed by atoms with E-state index in [4.69, 9.17) is 35.3 Å². The number of alkyl carbamates (subject to hydrolysis) is 1. The molecule has 9 atom stereocenters. The van der Waals surface area contributed by atoms with E-state index in [1.54, 1.807) is 52.1 Å². The van der Waals surface area contributed by atoms with E-state index in [9.17, 15) is 24.3 Å². The van der Waals surface area contributed by atoms with E-state index < -0.39 is 65.7 Å². The molecular formula is C37H52ClN3O10S. The SMILES string of the molecule is COc1cc2cc(c1Cl)N(C)C(=O)CC(OC(=O)[C@H](C)N(C)C(=O)CC(C)CS)C1(C)OC1C(C)C1CC(O)(NC(=O)O1)C(OC)/C=C/C=C(\C)C2. The summed E-state index contributed by atoms with van der Waals surface area (Å²) in [5.41, 5.74) is -0.907. The molecule has 4 rings (SSSR count). The molecule has 3 heterocycles. The van der Waals surface area contributed by atoms with Crippen molar-refractivity contribution in [2.24, 2.45) is 11.8 Å². The lowest BCUT2D eigenvalue weighted by Crippen LogP contribution is -2.63. The fourth-order valence-electron chi connectivity index (χ4n) is 6.72. The summed E-state index contributed by atoms with van der Waals surface area (Å²) in [7, 11) is 6.02. The number of thiol groups is 1. The fraction of sp³-hybridized carbons (Fsp3) is 0.622. The normalized spacial score (nSPS) is 32.2. The molecule has 0 aliphatic carbocycles. The number of rotatable bonds is 8. The first-order chi connectivity index (χ1) is 24.4. The highest BCUT2D eigenvalue weighted by atomic mass is 35.5. The van der Waals surface area contributed by atoms with Gasteiger partial charge in [-0.25, -0.2) is 9.59 Å². The average molecular weight is 766 g/mol. The third-order valence-electron chi connectivity index (χ3n) is 10.4. The van der Waals surface area contributed by atoms with Gasteiger partial charge in [0, 0.05) is 40.0 Å². The Labute approximate surface area is 316 Å². The van der Waals surface area contributed by atoms with Gasteiger partial charge in [-0.2, -0.15) is 12.6 Å². The number of benzene rings is 1. The number of aliphatic hydroxyl groups is 1. The minimum Gasteiger partial charge on any atom is -0.495 e. The number of nitrogens with zero attached hydrogens (tertiary/aromatic N) is 2. The minimum atomic E-state index is -1.82. The summed E-state index contributed by atoms with van der Waals surface area (Å²) in [4.78, 5) is 56.3. The summed E-state index contributed by atoms with van der Waals surface area (Å²) in [5.74, 6) is -1.05. The predicted molar refractivity (Wildman–Crippen MR) is 199 cm³/mol. The van der Waals surface area contributed by atoms with Gasteiger partial charge < -0.3 is 38.6 Å². The molecule has 3 aliphatic rings. The van der Waals surface area contributed by atoms with Crippen LogP contribution in [0.25, 0.3) is 0 Å². The number of allylic oxidation sites excluding steroid dienone is 3. The van der Waals surface area contributed by atoms with Crippen LogP contribution in [0.15, 0.2) is 35.9 Å². The van der Waals surface area contributed by atoms with Crippen LogP contribution in [-0.4, -0.2) is 110 Å². The molecule has 4 bridgehead atoms. The molecule has 2 saturated heterocycles. The quantitative estimate of drug-likeness (QED) is 0.196. The Morgan fingerprint density at radius 1 is 1.25 bits per heavy atom. The van der Waals surface area contributed by atoms with Crippen LogP contribution >= 0.6 is 24.2 Å². The first-order valence-electron chi connectivity index (χ1n) is 17.3. The maximum absolute atomic E-state index is 14.1. The average Bonchev–Trinajstić information content (AvgIpc) is 3.80. The summed E-state index contributed by atoms with van der Waals surface area (Å²) < 4.78 is 29.2. The molecule has 2 fully saturated rings. The second kappa shape index (κ2) is 16.8. The van der Waals surface area contributed by atoms with Crippen LogP contribution < -0.4 is 15.0 Å². The lowest BCUT2D eigenvalue weighted by Gasteiger charge is -2.42. The largest absolute Gasteiger partial charge is 0.495 e. The van der Waals surface area contributed by atoms with Gasteiger partial charge in [0.2, 0.25) is 11.8 Å². The number of nitrogens with one attached hydrogen (secondary N) is 1. The highest BCUT2D eigenvalue weighted by molar-refractivity contribution is 7.80. The van der Waals surface area contributed by atoms with Crippen molar-refractivity contribution < 1.29 is 48.0 Å². The van der Waals surface area contributed by atoms with Crippen molar-refractivity contribution in [3.05, 3.63) is 46.5 Å².